The van der Waals surface area contributed by atoms with Crippen molar-refractivity contribution in [3.63, 3.8) is 0 Å². The van der Waals surface area contributed by atoms with Crippen molar-refractivity contribution in [3.8, 4) is 0 Å². The van der Waals surface area contributed by atoms with Gasteiger partial charge in [0.05, 0.1) is 5.56 Å². The molecule has 32 heavy (non-hydrogen) atoms. The summed E-state index contributed by atoms with van der Waals surface area (Å²) in [6.07, 6.45) is 6.22. The molecule has 1 unspecified atom stereocenters. The highest BCUT2D eigenvalue weighted by Gasteiger charge is 2.25. The third-order valence-corrected chi connectivity index (χ3v) is 6.64. The minimum atomic E-state index is -0.456. The van der Waals surface area contributed by atoms with Crippen molar-refractivity contribution in [1.82, 2.24) is 15.2 Å². The molecule has 2 aliphatic heterocycles. The van der Waals surface area contributed by atoms with Gasteiger partial charge in [-0.25, -0.2) is 4.98 Å². The molecule has 0 bridgehead atoms. The first-order chi connectivity index (χ1) is 15.6. The summed E-state index contributed by atoms with van der Waals surface area (Å²) in [4.78, 5) is 32.7. The van der Waals surface area contributed by atoms with Crippen LogP contribution >= 0.6 is 0 Å². The number of amides is 2. The third kappa shape index (κ3) is 6.07. The molecule has 0 saturated carbocycles. The Morgan fingerprint density at radius 2 is 1.81 bits per heavy atom. The summed E-state index contributed by atoms with van der Waals surface area (Å²) in [6, 6.07) is 14.4. The molecule has 2 saturated heterocycles. The minimum Gasteiger partial charge on any atom is -0.366 e. The smallest absolute Gasteiger partial charge is 0.250 e. The molecule has 3 heterocycles. The number of primary amides is 1. The molecule has 2 aliphatic rings. The van der Waals surface area contributed by atoms with Crippen LogP contribution in [-0.2, 0) is 11.3 Å². The Bertz CT molecular complexity index is 894. The van der Waals surface area contributed by atoms with E-state index in [1.807, 2.05) is 12.1 Å². The van der Waals surface area contributed by atoms with E-state index in [1.54, 1.807) is 6.07 Å². The van der Waals surface area contributed by atoms with Crippen LogP contribution in [0.3, 0.4) is 0 Å². The number of piperidine rings is 1. The predicted octanol–water partition coefficient (Wildman–Crippen LogP) is 2.57. The van der Waals surface area contributed by atoms with E-state index in [1.165, 1.54) is 11.8 Å². The molecule has 7 nitrogen and oxygen atoms in total. The van der Waals surface area contributed by atoms with Crippen LogP contribution < -0.4 is 16.0 Å². The van der Waals surface area contributed by atoms with Gasteiger partial charge in [-0.1, -0.05) is 30.3 Å². The van der Waals surface area contributed by atoms with Crippen LogP contribution in [0.25, 0.3) is 0 Å². The number of carbonyl (C=O) groups excluding carboxylic acids is 2. The van der Waals surface area contributed by atoms with Gasteiger partial charge in [-0.15, -0.1) is 0 Å². The second-order valence-electron chi connectivity index (χ2n) is 9.01. The van der Waals surface area contributed by atoms with Crippen LogP contribution in [0.4, 0.5) is 5.82 Å². The number of nitrogens with one attached hydrogen (secondary N) is 1. The third-order valence-electron chi connectivity index (χ3n) is 6.64. The fourth-order valence-corrected chi connectivity index (χ4v) is 4.74. The lowest BCUT2D eigenvalue weighted by molar-refractivity contribution is -0.122. The molecule has 170 valence electrons. The summed E-state index contributed by atoms with van der Waals surface area (Å²) >= 11 is 0. The normalized spacial score (nSPS) is 19.8. The first kappa shape index (κ1) is 22.3. The Labute approximate surface area is 190 Å². The maximum atomic E-state index is 12.5. The summed E-state index contributed by atoms with van der Waals surface area (Å²) in [5, 5.41) is 3.24. The van der Waals surface area contributed by atoms with E-state index in [9.17, 15) is 9.59 Å². The number of hydrogen-bond donors (Lipinski definition) is 2. The summed E-state index contributed by atoms with van der Waals surface area (Å²) in [7, 11) is 0. The number of hydrogen-bond acceptors (Lipinski definition) is 5. The van der Waals surface area contributed by atoms with Crippen LogP contribution in [-0.4, -0.2) is 53.9 Å². The van der Waals surface area contributed by atoms with E-state index in [-0.39, 0.29) is 11.9 Å². The maximum absolute atomic E-state index is 12.5. The highest BCUT2D eigenvalue weighted by Crippen LogP contribution is 2.25. The molecular weight excluding hydrogens is 402 g/mol. The van der Waals surface area contributed by atoms with Gasteiger partial charge in [0.15, 0.2) is 0 Å². The van der Waals surface area contributed by atoms with E-state index >= 15 is 0 Å². The molecule has 2 amide bonds. The monoisotopic (exact) mass is 435 g/mol. The van der Waals surface area contributed by atoms with Gasteiger partial charge in [-0.05, 0) is 49.3 Å². The maximum Gasteiger partial charge on any atom is 0.250 e. The van der Waals surface area contributed by atoms with Crippen molar-refractivity contribution < 1.29 is 9.59 Å². The van der Waals surface area contributed by atoms with Gasteiger partial charge in [0.1, 0.15) is 5.82 Å². The van der Waals surface area contributed by atoms with Crippen molar-refractivity contribution in [2.45, 2.75) is 44.7 Å². The molecule has 2 fully saturated rings. The Hall–Kier alpha value is -2.93. The Balaban J connectivity index is 1.14. The zero-order valence-electron chi connectivity index (χ0n) is 18.6. The summed E-state index contributed by atoms with van der Waals surface area (Å²) < 4.78 is 0. The van der Waals surface area contributed by atoms with Gasteiger partial charge < -0.3 is 16.0 Å². The van der Waals surface area contributed by atoms with E-state index in [0.717, 1.165) is 64.2 Å². The van der Waals surface area contributed by atoms with Crippen LogP contribution in [0.2, 0.25) is 0 Å². The first-order valence-corrected chi connectivity index (χ1v) is 11.6. The number of rotatable bonds is 8. The number of anilines is 1. The number of carbonyl (C=O) groups is 2. The number of nitrogens with zero attached hydrogens (tertiary/aromatic N) is 3. The number of nitrogens with two attached hydrogens (primary N) is 1. The molecule has 0 radical (unpaired) electrons. The summed E-state index contributed by atoms with van der Waals surface area (Å²) in [5.74, 6) is 1.18. The zero-order valence-corrected chi connectivity index (χ0v) is 18.6. The van der Waals surface area contributed by atoms with Crippen LogP contribution in [0.1, 0.15) is 48.0 Å². The molecular formula is C25H33N5O2. The fraction of sp³-hybridized carbons (Fsp3) is 0.480. The fourth-order valence-electron chi connectivity index (χ4n) is 4.74. The van der Waals surface area contributed by atoms with E-state index < -0.39 is 5.91 Å². The molecule has 7 heteroatoms. The van der Waals surface area contributed by atoms with E-state index in [4.69, 9.17) is 5.73 Å². The lowest BCUT2D eigenvalue weighted by Gasteiger charge is -2.32. The van der Waals surface area contributed by atoms with Gasteiger partial charge in [0, 0.05) is 51.4 Å². The second kappa shape index (κ2) is 10.6. The van der Waals surface area contributed by atoms with Crippen LogP contribution in [0.15, 0.2) is 48.7 Å². The zero-order chi connectivity index (χ0) is 22.3. The predicted molar refractivity (Wildman–Crippen MR) is 125 cm³/mol. The standard InChI is InChI=1S/C25H33N5O2/c26-25(32)21-7-8-23(27-16-21)30-14-10-19(11-15-30)6-9-24(31)28-22-12-13-29(18-22)17-20-4-2-1-3-5-20/h1-5,7-8,16,19,22H,6,9-15,17-18H2,(H2,26,32)(H,28,31). The van der Waals surface area contributed by atoms with E-state index in [2.05, 4.69) is 44.4 Å². The van der Waals surface area contributed by atoms with Gasteiger partial charge in [-0.2, -0.15) is 0 Å². The quantitative estimate of drug-likeness (QED) is 0.665. The second-order valence-corrected chi connectivity index (χ2v) is 9.01. The van der Waals surface area contributed by atoms with Crippen molar-refractivity contribution in [1.29, 1.82) is 0 Å². The molecule has 4 rings (SSSR count). The highest BCUT2D eigenvalue weighted by molar-refractivity contribution is 5.92. The SMILES string of the molecule is NC(=O)c1ccc(N2CCC(CCC(=O)NC3CCN(Cc4ccccc4)C3)CC2)nc1. The summed E-state index contributed by atoms with van der Waals surface area (Å²) in [6.45, 7) is 4.76. The Morgan fingerprint density at radius 3 is 2.50 bits per heavy atom. The first-order valence-electron chi connectivity index (χ1n) is 11.6. The van der Waals surface area contributed by atoms with E-state index in [0.29, 0.717) is 17.9 Å². The van der Waals surface area contributed by atoms with Crippen molar-refractivity contribution in [3.05, 3.63) is 59.8 Å². The lowest BCUT2D eigenvalue weighted by Crippen LogP contribution is -2.38. The van der Waals surface area contributed by atoms with Crippen molar-refractivity contribution in [2.75, 3.05) is 31.1 Å². The molecule has 1 aromatic heterocycles. The molecule has 3 N–H and O–H groups in total. The Kier molecular flexibility index (Phi) is 7.37. The molecule has 1 aromatic carbocycles. The lowest BCUT2D eigenvalue weighted by atomic mass is 9.92. The highest BCUT2D eigenvalue weighted by atomic mass is 16.2. The minimum absolute atomic E-state index is 0.183. The van der Waals surface area contributed by atoms with Crippen LogP contribution in [0, 0.1) is 5.92 Å². The molecule has 0 spiro atoms. The molecule has 1 atom stereocenters. The summed E-state index contributed by atoms with van der Waals surface area (Å²) in [5.41, 5.74) is 7.03. The topological polar surface area (TPSA) is 91.6 Å². The van der Waals surface area contributed by atoms with Crippen LogP contribution in [0.5, 0.6) is 0 Å². The van der Waals surface area contributed by atoms with Crippen molar-refractivity contribution in [2.24, 2.45) is 11.7 Å². The van der Waals surface area contributed by atoms with Gasteiger partial charge in [-0.3, -0.25) is 14.5 Å². The number of aromatic nitrogens is 1. The molecule has 2 aromatic rings. The van der Waals surface area contributed by atoms with Crippen molar-refractivity contribution >= 4 is 17.6 Å². The van der Waals surface area contributed by atoms with Gasteiger partial charge in [0.2, 0.25) is 11.8 Å². The Morgan fingerprint density at radius 1 is 1.03 bits per heavy atom. The average molecular weight is 436 g/mol. The number of likely N-dealkylation sites (tertiary alicyclic amines) is 1. The largest absolute Gasteiger partial charge is 0.366 e. The number of pyridine rings is 1. The number of benzene rings is 1. The van der Waals surface area contributed by atoms with Gasteiger partial charge >= 0.3 is 0 Å². The van der Waals surface area contributed by atoms with Gasteiger partial charge in [0.25, 0.3) is 0 Å². The molecule has 0 aliphatic carbocycles. The average Bonchev–Trinajstić information content (AvgIpc) is 3.25.